The first-order valence-electron chi connectivity index (χ1n) is 6.42. The van der Waals surface area contributed by atoms with Gasteiger partial charge in [-0.05, 0) is 25.2 Å². The number of nitrogens with one attached hydrogen (secondary N) is 1. The first-order valence-corrected chi connectivity index (χ1v) is 6.42. The van der Waals surface area contributed by atoms with Crippen LogP contribution in [0.5, 0.6) is 5.88 Å². The minimum Gasteiger partial charge on any atom is -0.478 e. The summed E-state index contributed by atoms with van der Waals surface area (Å²) in [5.74, 6) is 2.05. The van der Waals surface area contributed by atoms with Crippen molar-refractivity contribution >= 4 is 5.95 Å². The van der Waals surface area contributed by atoms with Gasteiger partial charge in [-0.15, -0.1) is 0 Å². The monoisotopic (exact) mass is 237 g/mol. The second-order valence-electron chi connectivity index (χ2n) is 4.53. The Kier molecular flexibility index (Phi) is 6.37. The molecule has 96 valence electrons. The van der Waals surface area contributed by atoms with Crippen LogP contribution in [0, 0.1) is 5.92 Å². The predicted octanol–water partition coefficient (Wildman–Crippen LogP) is 3.11. The van der Waals surface area contributed by atoms with Crippen LogP contribution in [0.1, 0.15) is 40.0 Å². The van der Waals surface area contributed by atoms with Gasteiger partial charge >= 0.3 is 0 Å². The van der Waals surface area contributed by atoms with E-state index < -0.39 is 0 Å². The third kappa shape index (κ3) is 6.09. The highest BCUT2D eigenvalue weighted by Gasteiger charge is 1.99. The molecule has 0 saturated heterocycles. The molecule has 0 radical (unpaired) electrons. The van der Waals surface area contributed by atoms with E-state index >= 15 is 0 Å². The number of ether oxygens (including phenoxy) is 1. The lowest BCUT2D eigenvalue weighted by atomic mass is 10.1. The third-order valence-electron chi connectivity index (χ3n) is 2.33. The summed E-state index contributed by atoms with van der Waals surface area (Å²) in [5.41, 5.74) is 0. The molecular formula is C13H23N3O. The number of hydrogen-bond donors (Lipinski definition) is 1. The minimum absolute atomic E-state index is 0.646. The van der Waals surface area contributed by atoms with Crippen LogP contribution in [0.15, 0.2) is 12.3 Å². The summed E-state index contributed by atoms with van der Waals surface area (Å²) in [6, 6.07) is 1.79. The van der Waals surface area contributed by atoms with Gasteiger partial charge in [0.25, 0.3) is 0 Å². The van der Waals surface area contributed by atoms with Crippen molar-refractivity contribution in [3.63, 3.8) is 0 Å². The molecule has 0 amide bonds. The average Bonchev–Trinajstić information content (AvgIpc) is 2.32. The summed E-state index contributed by atoms with van der Waals surface area (Å²) in [4.78, 5) is 8.44. The number of anilines is 1. The molecule has 0 atom stereocenters. The summed E-state index contributed by atoms with van der Waals surface area (Å²) in [6.07, 6.45) is 5.07. The summed E-state index contributed by atoms with van der Waals surface area (Å²) in [5, 5.41) is 3.21. The van der Waals surface area contributed by atoms with Crippen molar-refractivity contribution < 1.29 is 4.74 Å². The quantitative estimate of drug-likeness (QED) is 0.706. The summed E-state index contributed by atoms with van der Waals surface area (Å²) >= 11 is 0. The van der Waals surface area contributed by atoms with E-state index in [9.17, 15) is 0 Å². The maximum absolute atomic E-state index is 5.45. The van der Waals surface area contributed by atoms with Gasteiger partial charge in [-0.3, -0.25) is 0 Å². The number of rotatable bonds is 8. The Morgan fingerprint density at radius 3 is 2.94 bits per heavy atom. The molecule has 0 bridgehead atoms. The van der Waals surface area contributed by atoms with Gasteiger partial charge in [0.2, 0.25) is 11.8 Å². The van der Waals surface area contributed by atoms with Gasteiger partial charge in [-0.25, -0.2) is 4.98 Å². The number of hydrogen-bond acceptors (Lipinski definition) is 4. The zero-order chi connectivity index (χ0) is 12.5. The normalized spacial score (nSPS) is 10.6. The molecule has 1 rings (SSSR count). The smallest absolute Gasteiger partial charge is 0.225 e. The number of aromatic nitrogens is 2. The molecule has 0 unspecified atom stereocenters. The summed E-state index contributed by atoms with van der Waals surface area (Å²) in [6.45, 7) is 8.15. The van der Waals surface area contributed by atoms with Crippen molar-refractivity contribution in [1.82, 2.24) is 9.97 Å². The maximum Gasteiger partial charge on any atom is 0.225 e. The largest absolute Gasteiger partial charge is 0.478 e. The minimum atomic E-state index is 0.646. The van der Waals surface area contributed by atoms with Gasteiger partial charge in [0.15, 0.2) is 0 Å². The van der Waals surface area contributed by atoms with E-state index in [4.69, 9.17) is 4.74 Å². The van der Waals surface area contributed by atoms with Crippen LogP contribution < -0.4 is 10.1 Å². The molecule has 4 heteroatoms. The summed E-state index contributed by atoms with van der Waals surface area (Å²) in [7, 11) is 0. The standard InChI is InChI=1S/C13H23N3O/c1-4-10-17-12-7-9-15-13(16-12)14-8-5-6-11(2)3/h7,9,11H,4-6,8,10H2,1-3H3,(H,14,15,16). The van der Waals surface area contributed by atoms with Gasteiger partial charge < -0.3 is 10.1 Å². The van der Waals surface area contributed by atoms with Crippen LogP contribution in [-0.4, -0.2) is 23.1 Å². The second-order valence-corrected chi connectivity index (χ2v) is 4.53. The fraction of sp³-hybridized carbons (Fsp3) is 0.692. The van der Waals surface area contributed by atoms with Crippen molar-refractivity contribution in [2.45, 2.75) is 40.0 Å². The van der Waals surface area contributed by atoms with Crippen molar-refractivity contribution in [1.29, 1.82) is 0 Å². The Hall–Kier alpha value is -1.32. The van der Waals surface area contributed by atoms with Gasteiger partial charge in [0.1, 0.15) is 0 Å². The third-order valence-corrected chi connectivity index (χ3v) is 2.33. The SMILES string of the molecule is CCCOc1ccnc(NCCCC(C)C)n1. The van der Waals surface area contributed by atoms with Gasteiger partial charge in [-0.1, -0.05) is 20.8 Å². The fourth-order valence-electron chi connectivity index (χ4n) is 1.42. The van der Waals surface area contributed by atoms with Crippen LogP contribution in [0.2, 0.25) is 0 Å². The first kappa shape index (κ1) is 13.7. The topological polar surface area (TPSA) is 47.0 Å². The van der Waals surface area contributed by atoms with Gasteiger partial charge in [-0.2, -0.15) is 4.98 Å². The Morgan fingerprint density at radius 2 is 2.24 bits per heavy atom. The molecular weight excluding hydrogens is 214 g/mol. The van der Waals surface area contributed by atoms with E-state index in [1.807, 2.05) is 0 Å². The lowest BCUT2D eigenvalue weighted by Crippen LogP contribution is -2.07. The van der Waals surface area contributed by atoms with Crippen LogP contribution in [0.25, 0.3) is 0 Å². The van der Waals surface area contributed by atoms with Crippen LogP contribution >= 0.6 is 0 Å². The molecule has 1 aromatic rings. The van der Waals surface area contributed by atoms with Crippen LogP contribution in [-0.2, 0) is 0 Å². The van der Waals surface area contributed by atoms with Crippen LogP contribution in [0.4, 0.5) is 5.95 Å². The molecule has 1 heterocycles. The molecule has 4 nitrogen and oxygen atoms in total. The predicted molar refractivity (Wildman–Crippen MR) is 70.4 cm³/mol. The molecule has 0 aromatic carbocycles. The van der Waals surface area contributed by atoms with E-state index in [2.05, 4.69) is 36.1 Å². The van der Waals surface area contributed by atoms with Crippen molar-refractivity contribution in [2.24, 2.45) is 5.92 Å². The first-order chi connectivity index (χ1) is 8.22. The zero-order valence-electron chi connectivity index (χ0n) is 11.1. The highest BCUT2D eigenvalue weighted by atomic mass is 16.5. The van der Waals surface area contributed by atoms with Crippen LogP contribution in [0.3, 0.4) is 0 Å². The Morgan fingerprint density at radius 1 is 1.41 bits per heavy atom. The molecule has 1 N–H and O–H groups in total. The molecule has 0 spiro atoms. The van der Waals surface area contributed by atoms with E-state index in [1.54, 1.807) is 12.3 Å². The molecule has 0 saturated carbocycles. The average molecular weight is 237 g/mol. The lowest BCUT2D eigenvalue weighted by Gasteiger charge is -2.08. The van der Waals surface area contributed by atoms with Gasteiger partial charge in [0.05, 0.1) is 6.61 Å². The van der Waals surface area contributed by atoms with E-state index in [1.165, 1.54) is 6.42 Å². The zero-order valence-corrected chi connectivity index (χ0v) is 11.1. The van der Waals surface area contributed by atoms with E-state index in [0.717, 1.165) is 25.3 Å². The molecule has 0 aliphatic rings. The molecule has 0 aliphatic carbocycles. The molecule has 0 fully saturated rings. The van der Waals surface area contributed by atoms with Gasteiger partial charge in [0, 0.05) is 18.8 Å². The van der Waals surface area contributed by atoms with Crippen molar-refractivity contribution in [3.05, 3.63) is 12.3 Å². The number of nitrogens with zero attached hydrogens (tertiary/aromatic N) is 2. The van der Waals surface area contributed by atoms with E-state index in [-0.39, 0.29) is 0 Å². The molecule has 17 heavy (non-hydrogen) atoms. The maximum atomic E-state index is 5.45. The lowest BCUT2D eigenvalue weighted by molar-refractivity contribution is 0.305. The van der Waals surface area contributed by atoms with Crippen molar-refractivity contribution in [2.75, 3.05) is 18.5 Å². The highest BCUT2D eigenvalue weighted by molar-refractivity contribution is 5.27. The molecule has 1 aromatic heterocycles. The Bertz CT molecular complexity index is 315. The van der Waals surface area contributed by atoms with Crippen molar-refractivity contribution in [3.8, 4) is 5.88 Å². The van der Waals surface area contributed by atoms with E-state index in [0.29, 0.717) is 18.4 Å². The second kappa shape index (κ2) is 7.87. The molecule has 0 aliphatic heterocycles. The Balaban J connectivity index is 2.32. The fourth-order valence-corrected chi connectivity index (χ4v) is 1.42. The summed E-state index contributed by atoms with van der Waals surface area (Å²) < 4.78 is 5.45. The highest BCUT2D eigenvalue weighted by Crippen LogP contribution is 2.09. The Labute approximate surface area is 104 Å².